The molecule has 1 aromatic rings. The molecule has 0 saturated carbocycles. The zero-order valence-electron chi connectivity index (χ0n) is 10.9. The summed E-state index contributed by atoms with van der Waals surface area (Å²) in [6.45, 7) is 0.290. The first-order valence-corrected chi connectivity index (χ1v) is 5.93. The lowest BCUT2D eigenvalue weighted by atomic mass is 10.2. The lowest BCUT2D eigenvalue weighted by molar-refractivity contribution is -0.148. The second kappa shape index (κ2) is 5.60. The number of rotatable bonds is 3. The van der Waals surface area contributed by atoms with Gasteiger partial charge in [-0.1, -0.05) is 12.1 Å². The van der Waals surface area contributed by atoms with Gasteiger partial charge in [0.2, 0.25) is 0 Å². The van der Waals surface area contributed by atoms with Gasteiger partial charge in [-0.2, -0.15) is 0 Å². The Hall–Kier alpha value is -2.24. The topological polar surface area (TPSA) is 67.9 Å². The molecule has 1 amide bonds. The van der Waals surface area contributed by atoms with Crippen LogP contribution < -0.4 is 10.1 Å². The normalized spacial score (nSPS) is 16.6. The summed E-state index contributed by atoms with van der Waals surface area (Å²) < 4.78 is 10.1. The highest BCUT2D eigenvalue weighted by molar-refractivity contribution is 5.86. The van der Waals surface area contributed by atoms with E-state index >= 15 is 0 Å². The van der Waals surface area contributed by atoms with E-state index in [0.717, 1.165) is 5.69 Å². The molecule has 0 aromatic heterocycles. The number of hydrogen-bond donors (Lipinski definition) is 1. The quantitative estimate of drug-likeness (QED) is 0.805. The molecule has 0 bridgehead atoms. The molecule has 0 aliphatic carbocycles. The summed E-state index contributed by atoms with van der Waals surface area (Å²) in [5.41, 5.74) is 0.863. The standard InChI is InChI=1S/C13H16N2O4/c1-15(8-12(16)18-2)13(17)11-7-14-9-5-3-4-6-10(9)19-11/h3-6,11,14H,7-8H2,1-2H3. The van der Waals surface area contributed by atoms with Crippen LogP contribution in [0.5, 0.6) is 5.75 Å². The number of likely N-dealkylation sites (N-methyl/N-ethyl adjacent to an activating group) is 1. The average Bonchev–Trinajstić information content (AvgIpc) is 2.45. The van der Waals surface area contributed by atoms with Crippen molar-refractivity contribution >= 4 is 17.6 Å². The number of benzene rings is 1. The number of anilines is 1. The van der Waals surface area contributed by atoms with E-state index in [0.29, 0.717) is 12.3 Å². The Morgan fingerprint density at radius 1 is 1.47 bits per heavy atom. The van der Waals surface area contributed by atoms with Crippen LogP contribution in [0.15, 0.2) is 24.3 Å². The third-order valence-electron chi connectivity index (χ3n) is 2.88. The molecule has 102 valence electrons. The predicted molar refractivity (Wildman–Crippen MR) is 69.0 cm³/mol. The zero-order valence-corrected chi connectivity index (χ0v) is 10.9. The number of esters is 1. The van der Waals surface area contributed by atoms with Crippen LogP contribution in [0.3, 0.4) is 0 Å². The highest BCUT2D eigenvalue weighted by Gasteiger charge is 2.28. The maximum absolute atomic E-state index is 12.1. The zero-order chi connectivity index (χ0) is 13.8. The SMILES string of the molecule is COC(=O)CN(C)C(=O)C1CNc2ccccc2O1. The van der Waals surface area contributed by atoms with Gasteiger partial charge in [0.1, 0.15) is 12.3 Å². The maximum atomic E-state index is 12.1. The van der Waals surface area contributed by atoms with E-state index in [4.69, 9.17) is 4.74 Å². The largest absolute Gasteiger partial charge is 0.477 e. The van der Waals surface area contributed by atoms with Gasteiger partial charge < -0.3 is 19.7 Å². The summed E-state index contributed by atoms with van der Waals surface area (Å²) in [4.78, 5) is 24.5. The van der Waals surface area contributed by atoms with E-state index in [-0.39, 0.29) is 12.5 Å². The van der Waals surface area contributed by atoms with E-state index in [2.05, 4.69) is 10.1 Å². The molecular weight excluding hydrogens is 248 g/mol. The van der Waals surface area contributed by atoms with Crippen molar-refractivity contribution in [3.8, 4) is 5.75 Å². The Labute approximate surface area is 111 Å². The van der Waals surface area contributed by atoms with Gasteiger partial charge in [-0.15, -0.1) is 0 Å². The number of nitrogens with zero attached hydrogens (tertiary/aromatic N) is 1. The fraction of sp³-hybridized carbons (Fsp3) is 0.385. The van der Waals surface area contributed by atoms with Crippen molar-refractivity contribution in [3.63, 3.8) is 0 Å². The minimum absolute atomic E-state index is 0.0865. The summed E-state index contributed by atoms with van der Waals surface area (Å²) >= 11 is 0. The lowest BCUT2D eigenvalue weighted by Gasteiger charge is -2.29. The summed E-state index contributed by atoms with van der Waals surface area (Å²) in [5, 5.41) is 3.13. The number of fused-ring (bicyclic) bond motifs is 1. The van der Waals surface area contributed by atoms with Gasteiger partial charge in [-0.3, -0.25) is 9.59 Å². The van der Waals surface area contributed by atoms with Crippen LogP contribution in [0.1, 0.15) is 0 Å². The average molecular weight is 264 g/mol. The summed E-state index contributed by atoms with van der Waals surface area (Å²) in [5.74, 6) is -0.0778. The van der Waals surface area contributed by atoms with E-state index in [1.54, 1.807) is 13.1 Å². The molecule has 1 N–H and O–H groups in total. The van der Waals surface area contributed by atoms with Crippen molar-refractivity contribution in [1.29, 1.82) is 0 Å². The Bertz CT molecular complexity index is 489. The fourth-order valence-corrected chi connectivity index (χ4v) is 1.83. The van der Waals surface area contributed by atoms with Gasteiger partial charge in [-0.05, 0) is 12.1 Å². The highest BCUT2D eigenvalue weighted by Crippen LogP contribution is 2.28. The third kappa shape index (κ3) is 2.96. The molecule has 6 nitrogen and oxygen atoms in total. The molecule has 1 aliphatic heterocycles. The molecule has 2 rings (SSSR count). The van der Waals surface area contributed by atoms with Crippen molar-refractivity contribution in [3.05, 3.63) is 24.3 Å². The van der Waals surface area contributed by atoms with Crippen LogP contribution in [0.25, 0.3) is 0 Å². The third-order valence-corrected chi connectivity index (χ3v) is 2.88. The fourth-order valence-electron chi connectivity index (χ4n) is 1.83. The van der Waals surface area contributed by atoms with Crippen molar-refractivity contribution < 1.29 is 19.1 Å². The lowest BCUT2D eigenvalue weighted by Crippen LogP contribution is -2.47. The van der Waals surface area contributed by atoms with Gasteiger partial charge in [0, 0.05) is 7.05 Å². The first-order chi connectivity index (χ1) is 9.11. The molecule has 1 unspecified atom stereocenters. The first kappa shape index (κ1) is 13.2. The number of methoxy groups -OCH3 is 1. The number of carbonyl (C=O) groups is 2. The van der Waals surface area contributed by atoms with Crippen LogP contribution in [0.2, 0.25) is 0 Å². The molecular formula is C13H16N2O4. The number of para-hydroxylation sites is 2. The van der Waals surface area contributed by atoms with Crippen molar-refractivity contribution in [2.24, 2.45) is 0 Å². The van der Waals surface area contributed by atoms with Crippen molar-refractivity contribution in [2.75, 3.05) is 32.6 Å². The molecule has 0 spiro atoms. The molecule has 1 aliphatic rings. The van der Waals surface area contributed by atoms with Crippen molar-refractivity contribution in [1.82, 2.24) is 4.90 Å². The highest BCUT2D eigenvalue weighted by atomic mass is 16.5. The minimum atomic E-state index is -0.635. The Balaban J connectivity index is 2.00. The van der Waals surface area contributed by atoms with Gasteiger partial charge >= 0.3 is 5.97 Å². The van der Waals surface area contributed by atoms with Gasteiger partial charge in [0.25, 0.3) is 5.91 Å². The molecule has 1 atom stereocenters. The molecule has 19 heavy (non-hydrogen) atoms. The molecule has 0 saturated heterocycles. The Morgan fingerprint density at radius 2 is 2.21 bits per heavy atom. The maximum Gasteiger partial charge on any atom is 0.325 e. The molecule has 1 heterocycles. The number of carbonyl (C=O) groups excluding carboxylic acids is 2. The number of nitrogens with one attached hydrogen (secondary N) is 1. The Morgan fingerprint density at radius 3 is 2.95 bits per heavy atom. The van der Waals surface area contributed by atoms with E-state index in [1.165, 1.54) is 12.0 Å². The van der Waals surface area contributed by atoms with Crippen LogP contribution in [-0.4, -0.2) is 50.1 Å². The number of hydrogen-bond acceptors (Lipinski definition) is 5. The molecule has 0 fully saturated rings. The Kier molecular flexibility index (Phi) is 3.89. The van der Waals surface area contributed by atoms with Crippen LogP contribution >= 0.6 is 0 Å². The van der Waals surface area contributed by atoms with Crippen LogP contribution in [-0.2, 0) is 14.3 Å². The molecule has 1 aromatic carbocycles. The molecule has 6 heteroatoms. The van der Waals surface area contributed by atoms with E-state index in [1.807, 2.05) is 18.2 Å². The van der Waals surface area contributed by atoms with Crippen LogP contribution in [0, 0.1) is 0 Å². The first-order valence-electron chi connectivity index (χ1n) is 5.93. The van der Waals surface area contributed by atoms with E-state index < -0.39 is 12.1 Å². The summed E-state index contributed by atoms with van der Waals surface area (Å²) in [6, 6.07) is 7.41. The predicted octanol–water partition coefficient (Wildman–Crippen LogP) is 0.491. The summed E-state index contributed by atoms with van der Waals surface area (Å²) in [7, 11) is 2.83. The van der Waals surface area contributed by atoms with Crippen molar-refractivity contribution in [2.45, 2.75) is 6.10 Å². The van der Waals surface area contributed by atoms with Gasteiger partial charge in [0.15, 0.2) is 6.10 Å². The van der Waals surface area contributed by atoms with Gasteiger partial charge in [-0.25, -0.2) is 0 Å². The van der Waals surface area contributed by atoms with E-state index in [9.17, 15) is 9.59 Å². The van der Waals surface area contributed by atoms with Crippen LogP contribution in [0.4, 0.5) is 5.69 Å². The monoisotopic (exact) mass is 264 g/mol. The number of ether oxygens (including phenoxy) is 2. The second-order valence-corrected chi connectivity index (χ2v) is 4.25. The minimum Gasteiger partial charge on any atom is -0.477 e. The van der Waals surface area contributed by atoms with Gasteiger partial charge in [0.05, 0.1) is 19.3 Å². The summed E-state index contributed by atoms with van der Waals surface area (Å²) in [6.07, 6.45) is -0.635. The second-order valence-electron chi connectivity index (χ2n) is 4.25. The number of amides is 1. The smallest absolute Gasteiger partial charge is 0.325 e. The molecule has 0 radical (unpaired) electrons.